The van der Waals surface area contributed by atoms with Crippen LogP contribution in [0.4, 0.5) is 0 Å². The number of hydrogen-bond acceptors (Lipinski definition) is 4. The first-order valence-electron chi connectivity index (χ1n) is 9.35. The summed E-state index contributed by atoms with van der Waals surface area (Å²) in [6, 6.07) is 2.65. The van der Waals surface area contributed by atoms with Crippen LogP contribution in [0.25, 0.3) is 0 Å². The van der Waals surface area contributed by atoms with E-state index in [1.807, 2.05) is 6.07 Å². The van der Waals surface area contributed by atoms with E-state index in [4.69, 9.17) is 9.63 Å². The third-order valence-corrected chi connectivity index (χ3v) is 6.46. The predicted octanol–water partition coefficient (Wildman–Crippen LogP) is 3.25. The quantitative estimate of drug-likeness (QED) is 0.799. The van der Waals surface area contributed by atoms with Crippen molar-refractivity contribution in [1.29, 1.82) is 0 Å². The summed E-state index contributed by atoms with van der Waals surface area (Å²) >= 11 is 0. The number of aromatic nitrogens is 1. The third-order valence-electron chi connectivity index (χ3n) is 6.46. The largest absolute Gasteiger partial charge is 0.388 e. The highest BCUT2D eigenvalue weighted by Gasteiger charge is 2.51. The van der Waals surface area contributed by atoms with Gasteiger partial charge in [0.1, 0.15) is 6.61 Å². The molecule has 128 valence electrons. The highest BCUT2D eigenvalue weighted by Crippen LogP contribution is 2.52. The summed E-state index contributed by atoms with van der Waals surface area (Å²) in [4.78, 5) is 2.83. The average Bonchev–Trinajstić information content (AvgIpc) is 3.44. The van der Waals surface area contributed by atoms with Crippen LogP contribution in [0, 0.1) is 23.2 Å². The minimum Gasteiger partial charge on any atom is -0.388 e. The second-order valence-electron chi connectivity index (χ2n) is 8.76. The van der Waals surface area contributed by atoms with Crippen molar-refractivity contribution < 1.29 is 9.63 Å². The Bertz CT molecular complexity index is 531. The van der Waals surface area contributed by atoms with Crippen LogP contribution < -0.4 is 0 Å². The summed E-state index contributed by atoms with van der Waals surface area (Å²) in [7, 11) is 0. The second kappa shape index (κ2) is 5.89. The van der Waals surface area contributed by atoms with Crippen LogP contribution in [0.5, 0.6) is 0 Å². The lowest BCUT2D eigenvalue weighted by Crippen LogP contribution is -2.59. The minimum atomic E-state index is -0.0553. The SMILES string of the molecule is CC1(C)[C@H](Cc2cc(CO)on2)C[C@@H]1N(CC1CC1)CC1CC1. The fraction of sp³-hybridized carbons (Fsp3) is 0.842. The Morgan fingerprint density at radius 1 is 1.22 bits per heavy atom. The molecule has 2 atom stereocenters. The molecule has 3 aliphatic rings. The zero-order valence-corrected chi connectivity index (χ0v) is 14.5. The molecular formula is C19H30N2O2. The molecule has 4 heteroatoms. The van der Waals surface area contributed by atoms with Gasteiger partial charge in [-0.15, -0.1) is 0 Å². The van der Waals surface area contributed by atoms with Crippen molar-refractivity contribution >= 4 is 0 Å². The van der Waals surface area contributed by atoms with Crippen molar-refractivity contribution in [2.75, 3.05) is 13.1 Å². The van der Waals surface area contributed by atoms with Crippen LogP contribution in [0.3, 0.4) is 0 Å². The standard InChI is InChI=1S/C19H30N2O2/c1-19(2)15(7-16-9-17(12-22)23-20-16)8-18(19)21(10-13-3-4-13)11-14-5-6-14/h9,13-15,18,22H,3-8,10-12H2,1-2H3/t15-,18+/m1/s1. The molecule has 1 aromatic heterocycles. The van der Waals surface area contributed by atoms with Crippen LogP contribution in [0.2, 0.25) is 0 Å². The van der Waals surface area contributed by atoms with E-state index in [-0.39, 0.29) is 6.61 Å². The van der Waals surface area contributed by atoms with E-state index in [0.29, 0.717) is 17.1 Å². The van der Waals surface area contributed by atoms with Crippen LogP contribution in [-0.2, 0) is 13.0 Å². The lowest BCUT2D eigenvalue weighted by Gasteiger charge is -2.57. The molecule has 4 rings (SSSR count). The Morgan fingerprint density at radius 3 is 2.35 bits per heavy atom. The zero-order chi connectivity index (χ0) is 16.0. The maximum atomic E-state index is 9.11. The molecule has 1 N–H and O–H groups in total. The molecule has 1 aromatic rings. The molecule has 3 fully saturated rings. The zero-order valence-electron chi connectivity index (χ0n) is 14.5. The first-order valence-corrected chi connectivity index (χ1v) is 9.35. The molecule has 3 aliphatic carbocycles. The van der Waals surface area contributed by atoms with Gasteiger partial charge < -0.3 is 9.63 Å². The summed E-state index contributed by atoms with van der Waals surface area (Å²) in [5.41, 5.74) is 1.35. The van der Waals surface area contributed by atoms with Gasteiger partial charge in [-0.1, -0.05) is 19.0 Å². The van der Waals surface area contributed by atoms with E-state index in [1.165, 1.54) is 45.2 Å². The van der Waals surface area contributed by atoms with Crippen molar-refractivity contribution in [3.8, 4) is 0 Å². The van der Waals surface area contributed by atoms with Crippen LogP contribution >= 0.6 is 0 Å². The van der Waals surface area contributed by atoms with E-state index in [1.54, 1.807) is 0 Å². The molecule has 23 heavy (non-hydrogen) atoms. The van der Waals surface area contributed by atoms with Gasteiger partial charge in [0.15, 0.2) is 5.76 Å². The van der Waals surface area contributed by atoms with Crippen molar-refractivity contribution in [3.63, 3.8) is 0 Å². The fourth-order valence-electron chi connectivity index (χ4n) is 4.33. The van der Waals surface area contributed by atoms with Crippen LogP contribution in [0.1, 0.15) is 57.4 Å². The predicted molar refractivity (Wildman–Crippen MR) is 88.8 cm³/mol. The van der Waals surface area contributed by atoms with Gasteiger partial charge in [0.05, 0.1) is 5.69 Å². The van der Waals surface area contributed by atoms with Crippen molar-refractivity contribution in [2.45, 2.75) is 65.0 Å². The normalized spacial score (nSPS) is 29.7. The maximum absolute atomic E-state index is 9.11. The average molecular weight is 318 g/mol. The van der Waals surface area contributed by atoms with Gasteiger partial charge in [0.2, 0.25) is 0 Å². The van der Waals surface area contributed by atoms with Crippen LogP contribution in [0.15, 0.2) is 10.6 Å². The fourth-order valence-corrected chi connectivity index (χ4v) is 4.33. The van der Waals surface area contributed by atoms with E-state index < -0.39 is 0 Å². The summed E-state index contributed by atoms with van der Waals surface area (Å²) in [6.07, 6.45) is 8.05. The molecule has 0 saturated heterocycles. The molecule has 0 aliphatic heterocycles. The molecule has 0 amide bonds. The van der Waals surface area contributed by atoms with Gasteiger partial charge in [-0.05, 0) is 61.7 Å². The number of aliphatic hydroxyl groups is 1. The molecular weight excluding hydrogens is 288 g/mol. The third kappa shape index (κ3) is 3.34. The minimum absolute atomic E-state index is 0.0553. The van der Waals surface area contributed by atoms with Gasteiger partial charge >= 0.3 is 0 Å². The van der Waals surface area contributed by atoms with Crippen LogP contribution in [-0.4, -0.2) is 34.3 Å². The van der Waals surface area contributed by atoms with Gasteiger partial charge in [-0.3, -0.25) is 4.90 Å². The Labute approximate surface area is 139 Å². The maximum Gasteiger partial charge on any atom is 0.162 e. The van der Waals surface area contributed by atoms with E-state index in [0.717, 1.165) is 30.0 Å². The molecule has 4 nitrogen and oxygen atoms in total. The summed E-state index contributed by atoms with van der Waals surface area (Å²) < 4.78 is 5.14. The Kier molecular flexibility index (Phi) is 4.01. The highest BCUT2D eigenvalue weighted by molar-refractivity contribution is 5.11. The van der Waals surface area contributed by atoms with E-state index in [9.17, 15) is 0 Å². The molecule has 0 spiro atoms. The molecule has 0 bridgehead atoms. The second-order valence-corrected chi connectivity index (χ2v) is 8.76. The van der Waals surface area contributed by atoms with E-state index >= 15 is 0 Å². The Hall–Kier alpha value is -0.870. The number of aliphatic hydroxyl groups excluding tert-OH is 1. The first-order chi connectivity index (χ1) is 11.1. The van der Waals surface area contributed by atoms with Gasteiger partial charge in [-0.25, -0.2) is 0 Å². The summed E-state index contributed by atoms with van der Waals surface area (Å²) in [6.45, 7) is 7.48. The van der Waals surface area contributed by atoms with Crippen molar-refractivity contribution in [2.24, 2.45) is 23.2 Å². The lowest BCUT2D eigenvalue weighted by atomic mass is 9.56. The molecule has 1 heterocycles. The monoisotopic (exact) mass is 318 g/mol. The molecule has 0 unspecified atom stereocenters. The summed E-state index contributed by atoms with van der Waals surface area (Å²) in [5.74, 6) is 3.21. The van der Waals surface area contributed by atoms with Crippen molar-refractivity contribution in [3.05, 3.63) is 17.5 Å². The lowest BCUT2D eigenvalue weighted by molar-refractivity contribution is -0.0667. The molecule has 0 aromatic carbocycles. The Balaban J connectivity index is 1.38. The first kappa shape index (κ1) is 15.6. The van der Waals surface area contributed by atoms with Gasteiger partial charge in [0, 0.05) is 25.2 Å². The number of nitrogens with zero attached hydrogens (tertiary/aromatic N) is 2. The molecule has 0 radical (unpaired) electrons. The summed E-state index contributed by atoms with van der Waals surface area (Å²) in [5, 5.41) is 13.2. The number of hydrogen-bond donors (Lipinski definition) is 1. The highest BCUT2D eigenvalue weighted by atomic mass is 16.5. The van der Waals surface area contributed by atoms with Crippen molar-refractivity contribution in [1.82, 2.24) is 10.1 Å². The Morgan fingerprint density at radius 2 is 1.87 bits per heavy atom. The molecule has 3 saturated carbocycles. The van der Waals surface area contributed by atoms with Gasteiger partial charge in [0.25, 0.3) is 0 Å². The van der Waals surface area contributed by atoms with E-state index in [2.05, 4.69) is 23.9 Å². The number of rotatable bonds is 8. The van der Waals surface area contributed by atoms with Gasteiger partial charge in [-0.2, -0.15) is 0 Å². The topological polar surface area (TPSA) is 49.5 Å². The smallest absolute Gasteiger partial charge is 0.162 e.